The van der Waals surface area contributed by atoms with E-state index in [0.29, 0.717) is 11.3 Å². The van der Waals surface area contributed by atoms with Crippen molar-refractivity contribution >= 4 is 23.4 Å². The summed E-state index contributed by atoms with van der Waals surface area (Å²) in [5.74, 6) is -0.136. The van der Waals surface area contributed by atoms with Gasteiger partial charge < -0.3 is 15.5 Å². The molecule has 1 aliphatic heterocycles. The van der Waals surface area contributed by atoms with E-state index in [0.717, 1.165) is 25.9 Å². The van der Waals surface area contributed by atoms with Gasteiger partial charge in [-0.3, -0.25) is 9.59 Å². The van der Waals surface area contributed by atoms with Crippen molar-refractivity contribution in [2.45, 2.75) is 19.8 Å². The van der Waals surface area contributed by atoms with Crippen molar-refractivity contribution in [3.05, 3.63) is 29.8 Å². The fourth-order valence-electron chi connectivity index (χ4n) is 2.23. The molecule has 0 bridgehead atoms. The number of carbonyl (C=O) groups excluding carboxylic acids is 3. The number of carbonyl (C=O) groups is 3. The van der Waals surface area contributed by atoms with Crippen molar-refractivity contribution in [3.63, 3.8) is 0 Å². The topological polar surface area (TPSA) is 78.5 Å². The molecule has 0 radical (unpaired) electrons. The lowest BCUT2D eigenvalue weighted by Gasteiger charge is -2.15. The van der Waals surface area contributed by atoms with Crippen LogP contribution in [0.5, 0.6) is 0 Å². The molecule has 0 atom stereocenters. The fourth-order valence-corrected chi connectivity index (χ4v) is 2.23. The first-order valence-corrected chi connectivity index (χ1v) is 7.00. The highest BCUT2D eigenvalue weighted by molar-refractivity contribution is 5.97. The minimum Gasteiger partial charge on any atom is -0.341 e. The van der Waals surface area contributed by atoms with Gasteiger partial charge in [0.1, 0.15) is 0 Å². The molecular weight excluding hydrogens is 270 g/mol. The third-order valence-electron chi connectivity index (χ3n) is 3.39. The van der Waals surface area contributed by atoms with E-state index in [4.69, 9.17) is 0 Å². The molecule has 1 fully saturated rings. The molecule has 3 amide bonds. The summed E-state index contributed by atoms with van der Waals surface area (Å²) < 4.78 is 0. The molecule has 21 heavy (non-hydrogen) atoms. The number of benzene rings is 1. The Labute approximate surface area is 123 Å². The highest BCUT2D eigenvalue weighted by atomic mass is 16.2. The van der Waals surface area contributed by atoms with Crippen LogP contribution in [0.2, 0.25) is 0 Å². The Bertz CT molecular complexity index is 551. The van der Waals surface area contributed by atoms with E-state index in [1.165, 1.54) is 6.92 Å². The molecule has 6 heteroatoms. The molecule has 0 spiro atoms. The fraction of sp³-hybridized carbons (Fsp3) is 0.400. The van der Waals surface area contributed by atoms with Crippen molar-refractivity contribution in [1.82, 2.24) is 10.2 Å². The molecule has 1 aromatic rings. The van der Waals surface area contributed by atoms with E-state index in [2.05, 4.69) is 10.6 Å². The minimum atomic E-state index is -0.455. The van der Waals surface area contributed by atoms with Gasteiger partial charge in [0.2, 0.25) is 5.91 Å². The number of nitrogens with one attached hydrogen (secondary N) is 2. The zero-order chi connectivity index (χ0) is 15.2. The standard InChI is InChI=1S/C15H19N3O3/c1-11(19)12-5-4-6-13(9-12)17-15(21)16-10-14(20)18-7-2-3-8-18/h4-6,9H,2-3,7-8,10H2,1H3,(H2,16,17,21). The summed E-state index contributed by atoms with van der Waals surface area (Å²) in [5, 5.41) is 5.14. The SMILES string of the molecule is CC(=O)c1cccc(NC(=O)NCC(=O)N2CCCC2)c1. The first-order chi connectivity index (χ1) is 10.1. The zero-order valence-electron chi connectivity index (χ0n) is 12.0. The van der Waals surface area contributed by atoms with E-state index in [-0.39, 0.29) is 18.2 Å². The minimum absolute atomic E-state index is 0.0156. The molecule has 6 nitrogen and oxygen atoms in total. The highest BCUT2D eigenvalue weighted by Gasteiger charge is 2.18. The molecule has 2 N–H and O–H groups in total. The second kappa shape index (κ2) is 6.88. The smallest absolute Gasteiger partial charge is 0.319 e. The molecule has 1 heterocycles. The van der Waals surface area contributed by atoms with Gasteiger partial charge in [-0.15, -0.1) is 0 Å². The number of urea groups is 1. The van der Waals surface area contributed by atoms with Crippen LogP contribution in [0, 0.1) is 0 Å². The third-order valence-corrected chi connectivity index (χ3v) is 3.39. The Morgan fingerprint density at radius 1 is 1.19 bits per heavy atom. The Balaban J connectivity index is 1.82. The first kappa shape index (κ1) is 15.0. The predicted molar refractivity (Wildman–Crippen MR) is 79.3 cm³/mol. The average molecular weight is 289 g/mol. The van der Waals surface area contributed by atoms with Gasteiger partial charge in [-0.2, -0.15) is 0 Å². The van der Waals surface area contributed by atoms with Crippen LogP contribution in [-0.2, 0) is 4.79 Å². The average Bonchev–Trinajstić information content (AvgIpc) is 2.99. The molecule has 2 rings (SSSR count). The molecule has 112 valence electrons. The summed E-state index contributed by atoms with van der Waals surface area (Å²) in [6, 6.07) is 6.21. The summed E-state index contributed by atoms with van der Waals surface area (Å²) in [6.45, 7) is 2.98. The van der Waals surface area contributed by atoms with Crippen LogP contribution < -0.4 is 10.6 Å². The Morgan fingerprint density at radius 2 is 1.90 bits per heavy atom. The molecule has 0 saturated carbocycles. The lowest BCUT2D eigenvalue weighted by Crippen LogP contribution is -2.40. The summed E-state index contributed by atoms with van der Waals surface area (Å²) in [4.78, 5) is 36.5. The van der Waals surface area contributed by atoms with Gasteiger partial charge in [0.15, 0.2) is 5.78 Å². The van der Waals surface area contributed by atoms with Crippen LogP contribution in [0.15, 0.2) is 24.3 Å². The molecule has 0 unspecified atom stereocenters. The van der Waals surface area contributed by atoms with Gasteiger partial charge in [-0.25, -0.2) is 4.79 Å². The highest BCUT2D eigenvalue weighted by Crippen LogP contribution is 2.11. The predicted octanol–water partition coefficient (Wildman–Crippen LogP) is 1.63. The number of amides is 3. The van der Waals surface area contributed by atoms with E-state index >= 15 is 0 Å². The third kappa shape index (κ3) is 4.30. The van der Waals surface area contributed by atoms with Crippen LogP contribution >= 0.6 is 0 Å². The molecule has 1 aromatic carbocycles. The van der Waals surface area contributed by atoms with Crippen LogP contribution in [0.3, 0.4) is 0 Å². The van der Waals surface area contributed by atoms with Crippen LogP contribution in [0.1, 0.15) is 30.1 Å². The Kier molecular flexibility index (Phi) is 4.92. The van der Waals surface area contributed by atoms with Gasteiger partial charge in [0, 0.05) is 24.3 Å². The number of nitrogens with zero attached hydrogens (tertiary/aromatic N) is 1. The quantitative estimate of drug-likeness (QED) is 0.827. The second-order valence-electron chi connectivity index (χ2n) is 5.03. The molecular formula is C15H19N3O3. The van der Waals surface area contributed by atoms with Crippen molar-refractivity contribution in [1.29, 1.82) is 0 Å². The lowest BCUT2D eigenvalue weighted by atomic mass is 10.1. The summed E-state index contributed by atoms with van der Waals surface area (Å²) in [5.41, 5.74) is 1.05. The van der Waals surface area contributed by atoms with E-state index < -0.39 is 6.03 Å². The van der Waals surface area contributed by atoms with E-state index in [1.54, 1.807) is 29.2 Å². The van der Waals surface area contributed by atoms with Gasteiger partial charge in [0.05, 0.1) is 6.54 Å². The normalized spacial score (nSPS) is 13.9. The summed E-state index contributed by atoms with van der Waals surface area (Å²) in [7, 11) is 0. The Morgan fingerprint density at radius 3 is 2.57 bits per heavy atom. The summed E-state index contributed by atoms with van der Waals surface area (Å²) >= 11 is 0. The van der Waals surface area contributed by atoms with Crippen LogP contribution in [0.25, 0.3) is 0 Å². The molecule has 0 aliphatic carbocycles. The van der Waals surface area contributed by atoms with Crippen LogP contribution in [-0.4, -0.2) is 42.3 Å². The molecule has 0 aromatic heterocycles. The van der Waals surface area contributed by atoms with Gasteiger partial charge >= 0.3 is 6.03 Å². The maximum atomic E-state index is 11.8. The van der Waals surface area contributed by atoms with Crippen molar-refractivity contribution in [2.24, 2.45) is 0 Å². The van der Waals surface area contributed by atoms with E-state index in [1.807, 2.05) is 0 Å². The molecule has 1 aliphatic rings. The van der Waals surface area contributed by atoms with Crippen molar-refractivity contribution < 1.29 is 14.4 Å². The monoisotopic (exact) mass is 289 g/mol. The number of Topliss-reactive ketones (excluding diaryl/α,β-unsaturated/α-hetero) is 1. The number of hydrogen-bond donors (Lipinski definition) is 2. The van der Waals surface area contributed by atoms with Gasteiger partial charge in [0.25, 0.3) is 0 Å². The molecule has 1 saturated heterocycles. The second-order valence-corrected chi connectivity index (χ2v) is 5.03. The van der Waals surface area contributed by atoms with Gasteiger partial charge in [-0.1, -0.05) is 12.1 Å². The zero-order valence-corrected chi connectivity index (χ0v) is 12.0. The maximum Gasteiger partial charge on any atom is 0.319 e. The summed E-state index contributed by atoms with van der Waals surface area (Å²) in [6.07, 6.45) is 2.05. The van der Waals surface area contributed by atoms with E-state index in [9.17, 15) is 14.4 Å². The number of rotatable bonds is 4. The van der Waals surface area contributed by atoms with Crippen molar-refractivity contribution in [2.75, 3.05) is 25.0 Å². The van der Waals surface area contributed by atoms with Gasteiger partial charge in [-0.05, 0) is 31.9 Å². The number of likely N-dealkylation sites (tertiary alicyclic amines) is 1. The largest absolute Gasteiger partial charge is 0.341 e. The van der Waals surface area contributed by atoms with Crippen molar-refractivity contribution in [3.8, 4) is 0 Å². The maximum absolute atomic E-state index is 11.8. The Hall–Kier alpha value is -2.37. The number of hydrogen-bond acceptors (Lipinski definition) is 3. The number of ketones is 1. The number of anilines is 1. The first-order valence-electron chi connectivity index (χ1n) is 7.00. The van der Waals surface area contributed by atoms with Crippen LogP contribution in [0.4, 0.5) is 10.5 Å². The lowest BCUT2D eigenvalue weighted by molar-refractivity contribution is -0.128.